The van der Waals surface area contributed by atoms with Gasteiger partial charge >= 0.3 is 0 Å². The van der Waals surface area contributed by atoms with Gasteiger partial charge in [-0.1, -0.05) is 19.4 Å². The van der Waals surface area contributed by atoms with Gasteiger partial charge in [-0.15, -0.1) is 0 Å². The fourth-order valence-corrected chi connectivity index (χ4v) is 1.62. The standard InChI is InChI=1S/C14H20N4O/c1-4-5-9-19-13-8-6-7-12(16-13)17-14-11(2)18(3)10-15-14/h6-8,10H,4-5,9H2,1-3H3,(H,16,17). The molecule has 102 valence electrons. The highest BCUT2D eigenvalue weighted by atomic mass is 16.5. The molecule has 0 aliphatic rings. The molecular formula is C14H20N4O. The molecule has 0 amide bonds. The maximum absolute atomic E-state index is 5.58. The number of rotatable bonds is 6. The molecule has 19 heavy (non-hydrogen) atoms. The van der Waals surface area contributed by atoms with Crippen molar-refractivity contribution in [3.8, 4) is 5.88 Å². The number of pyridine rings is 1. The zero-order chi connectivity index (χ0) is 13.7. The maximum atomic E-state index is 5.58. The van der Waals surface area contributed by atoms with E-state index in [9.17, 15) is 0 Å². The van der Waals surface area contributed by atoms with E-state index < -0.39 is 0 Å². The molecule has 0 atom stereocenters. The number of imidazole rings is 1. The largest absolute Gasteiger partial charge is 0.478 e. The van der Waals surface area contributed by atoms with E-state index in [1.54, 1.807) is 6.33 Å². The van der Waals surface area contributed by atoms with Crippen LogP contribution in [0.1, 0.15) is 25.5 Å². The second-order valence-electron chi connectivity index (χ2n) is 4.48. The van der Waals surface area contributed by atoms with Gasteiger partial charge in [-0.2, -0.15) is 4.98 Å². The van der Waals surface area contributed by atoms with E-state index in [0.29, 0.717) is 12.5 Å². The molecule has 1 N–H and O–H groups in total. The lowest BCUT2D eigenvalue weighted by atomic mass is 10.4. The molecule has 0 radical (unpaired) electrons. The Kier molecular flexibility index (Phi) is 4.39. The van der Waals surface area contributed by atoms with Crippen molar-refractivity contribution in [2.24, 2.45) is 7.05 Å². The van der Waals surface area contributed by atoms with Gasteiger partial charge in [0, 0.05) is 13.1 Å². The third-order valence-electron chi connectivity index (χ3n) is 2.95. The van der Waals surface area contributed by atoms with Crippen molar-refractivity contribution in [1.82, 2.24) is 14.5 Å². The van der Waals surface area contributed by atoms with Gasteiger partial charge in [0.2, 0.25) is 5.88 Å². The lowest BCUT2D eigenvalue weighted by Crippen LogP contribution is -2.01. The molecule has 0 aromatic carbocycles. The summed E-state index contributed by atoms with van der Waals surface area (Å²) in [4.78, 5) is 8.69. The highest BCUT2D eigenvalue weighted by Crippen LogP contribution is 2.18. The first-order chi connectivity index (χ1) is 9.20. The number of nitrogens with zero attached hydrogens (tertiary/aromatic N) is 3. The predicted octanol–water partition coefficient (Wildman–Crippen LogP) is 3.05. The fraction of sp³-hybridized carbons (Fsp3) is 0.429. The molecule has 0 spiro atoms. The van der Waals surface area contributed by atoms with E-state index in [-0.39, 0.29) is 0 Å². The van der Waals surface area contributed by atoms with Crippen LogP contribution < -0.4 is 10.1 Å². The van der Waals surface area contributed by atoms with Crippen LogP contribution >= 0.6 is 0 Å². The molecule has 2 aromatic heterocycles. The van der Waals surface area contributed by atoms with Crippen LogP contribution in [0.3, 0.4) is 0 Å². The van der Waals surface area contributed by atoms with Crippen LogP contribution in [0.4, 0.5) is 11.6 Å². The summed E-state index contributed by atoms with van der Waals surface area (Å²) >= 11 is 0. The topological polar surface area (TPSA) is 52.0 Å². The highest BCUT2D eigenvalue weighted by Gasteiger charge is 2.05. The summed E-state index contributed by atoms with van der Waals surface area (Å²) < 4.78 is 7.55. The van der Waals surface area contributed by atoms with Gasteiger partial charge in [0.25, 0.3) is 0 Å². The summed E-state index contributed by atoms with van der Waals surface area (Å²) in [7, 11) is 1.96. The van der Waals surface area contributed by atoms with E-state index in [1.165, 1.54) is 0 Å². The number of aromatic nitrogens is 3. The summed E-state index contributed by atoms with van der Waals surface area (Å²) in [5.74, 6) is 2.21. The van der Waals surface area contributed by atoms with Crippen molar-refractivity contribution < 1.29 is 4.74 Å². The van der Waals surface area contributed by atoms with Gasteiger partial charge in [-0.05, 0) is 19.4 Å². The van der Waals surface area contributed by atoms with Crippen molar-refractivity contribution >= 4 is 11.6 Å². The Morgan fingerprint density at radius 3 is 2.89 bits per heavy atom. The summed E-state index contributed by atoms with van der Waals surface area (Å²) in [5, 5.41) is 3.20. The molecule has 0 fully saturated rings. The zero-order valence-electron chi connectivity index (χ0n) is 11.7. The van der Waals surface area contributed by atoms with Crippen LogP contribution in [0.2, 0.25) is 0 Å². The number of unbranched alkanes of at least 4 members (excludes halogenated alkanes) is 1. The van der Waals surface area contributed by atoms with Gasteiger partial charge in [0.1, 0.15) is 5.82 Å². The Morgan fingerprint density at radius 1 is 1.37 bits per heavy atom. The average molecular weight is 260 g/mol. The quantitative estimate of drug-likeness (QED) is 0.811. The van der Waals surface area contributed by atoms with Crippen LogP contribution in [-0.4, -0.2) is 21.1 Å². The van der Waals surface area contributed by atoms with Gasteiger partial charge in [-0.3, -0.25) is 0 Å². The minimum absolute atomic E-state index is 0.645. The van der Waals surface area contributed by atoms with E-state index >= 15 is 0 Å². The monoisotopic (exact) mass is 260 g/mol. The van der Waals surface area contributed by atoms with E-state index in [4.69, 9.17) is 4.74 Å². The second-order valence-corrected chi connectivity index (χ2v) is 4.48. The molecule has 0 aliphatic carbocycles. The Labute approximate surface area is 113 Å². The summed E-state index contributed by atoms with van der Waals surface area (Å²) in [5.41, 5.74) is 1.07. The third kappa shape index (κ3) is 3.47. The van der Waals surface area contributed by atoms with Crippen molar-refractivity contribution in [2.75, 3.05) is 11.9 Å². The number of aryl methyl sites for hydroxylation is 1. The predicted molar refractivity (Wildman–Crippen MR) is 75.9 cm³/mol. The molecule has 5 heteroatoms. The molecule has 2 aromatic rings. The van der Waals surface area contributed by atoms with Crippen LogP contribution in [0.25, 0.3) is 0 Å². The Bertz CT molecular complexity index is 536. The molecule has 0 saturated carbocycles. The summed E-state index contributed by atoms with van der Waals surface area (Å²) in [6.07, 6.45) is 3.93. The molecule has 0 unspecified atom stereocenters. The van der Waals surface area contributed by atoms with E-state index in [2.05, 4.69) is 22.2 Å². The molecule has 0 bridgehead atoms. The maximum Gasteiger partial charge on any atom is 0.215 e. The third-order valence-corrected chi connectivity index (χ3v) is 2.95. The molecular weight excluding hydrogens is 240 g/mol. The Balaban J connectivity index is 2.04. The average Bonchev–Trinajstić information content (AvgIpc) is 2.72. The number of anilines is 2. The van der Waals surface area contributed by atoms with Crippen molar-refractivity contribution in [3.63, 3.8) is 0 Å². The van der Waals surface area contributed by atoms with Crippen molar-refractivity contribution in [3.05, 3.63) is 30.2 Å². The van der Waals surface area contributed by atoms with Crippen molar-refractivity contribution in [2.45, 2.75) is 26.7 Å². The SMILES string of the molecule is CCCCOc1cccc(Nc2ncn(C)c2C)n1. The number of nitrogens with one attached hydrogen (secondary N) is 1. The first-order valence-electron chi connectivity index (χ1n) is 6.55. The first-order valence-corrected chi connectivity index (χ1v) is 6.55. The van der Waals surface area contributed by atoms with Crippen LogP contribution in [0.15, 0.2) is 24.5 Å². The summed E-state index contributed by atoms with van der Waals surface area (Å²) in [6.45, 7) is 4.85. The number of ether oxygens (including phenoxy) is 1. The van der Waals surface area contributed by atoms with Gasteiger partial charge in [0.15, 0.2) is 5.82 Å². The number of hydrogen-bond acceptors (Lipinski definition) is 4. The molecule has 2 heterocycles. The highest BCUT2D eigenvalue weighted by molar-refractivity contribution is 5.54. The van der Waals surface area contributed by atoms with E-state index in [0.717, 1.165) is 30.2 Å². The second kappa shape index (κ2) is 6.22. The number of hydrogen-bond donors (Lipinski definition) is 1. The van der Waals surface area contributed by atoms with Crippen LogP contribution in [0, 0.1) is 6.92 Å². The molecule has 0 aliphatic heterocycles. The van der Waals surface area contributed by atoms with Crippen LogP contribution in [-0.2, 0) is 7.05 Å². The van der Waals surface area contributed by atoms with Crippen LogP contribution in [0.5, 0.6) is 5.88 Å². The lowest BCUT2D eigenvalue weighted by molar-refractivity contribution is 0.298. The summed E-state index contributed by atoms with van der Waals surface area (Å²) in [6, 6.07) is 5.70. The Hall–Kier alpha value is -2.04. The minimum atomic E-state index is 0.645. The van der Waals surface area contributed by atoms with E-state index in [1.807, 2.05) is 36.7 Å². The first kappa shape index (κ1) is 13.4. The Morgan fingerprint density at radius 2 is 2.21 bits per heavy atom. The molecule has 2 rings (SSSR count). The normalized spacial score (nSPS) is 10.5. The lowest BCUT2D eigenvalue weighted by Gasteiger charge is -2.07. The fourth-order valence-electron chi connectivity index (χ4n) is 1.62. The molecule has 5 nitrogen and oxygen atoms in total. The van der Waals surface area contributed by atoms with Gasteiger partial charge < -0.3 is 14.6 Å². The minimum Gasteiger partial charge on any atom is -0.478 e. The van der Waals surface area contributed by atoms with Crippen molar-refractivity contribution in [1.29, 1.82) is 0 Å². The molecule has 0 saturated heterocycles. The van der Waals surface area contributed by atoms with Gasteiger partial charge in [0.05, 0.1) is 18.6 Å². The zero-order valence-corrected chi connectivity index (χ0v) is 11.7. The van der Waals surface area contributed by atoms with Gasteiger partial charge in [-0.25, -0.2) is 4.98 Å². The smallest absolute Gasteiger partial charge is 0.215 e.